The molecule has 1 aliphatic heterocycles. The van der Waals surface area contributed by atoms with E-state index in [1.165, 1.54) is 19.3 Å². The third-order valence-electron chi connectivity index (χ3n) is 5.11. The number of hydrogen-bond acceptors (Lipinski definition) is 4. The van der Waals surface area contributed by atoms with Gasteiger partial charge in [0.2, 0.25) is 0 Å². The minimum Gasteiger partial charge on any atom is -0.489 e. The number of nitrogens with zero attached hydrogens (tertiary/aromatic N) is 1. The third kappa shape index (κ3) is 3.16. The van der Waals surface area contributed by atoms with Crippen molar-refractivity contribution in [3.63, 3.8) is 0 Å². The Hall–Kier alpha value is -1.07. The highest BCUT2D eigenvalue weighted by molar-refractivity contribution is 6.61. The molecule has 5 heteroatoms. The van der Waals surface area contributed by atoms with E-state index in [0.29, 0.717) is 6.10 Å². The van der Waals surface area contributed by atoms with Crippen LogP contribution in [0.5, 0.6) is 5.75 Å². The van der Waals surface area contributed by atoms with Gasteiger partial charge in [-0.15, -0.1) is 0 Å². The molecule has 0 aromatic carbocycles. The van der Waals surface area contributed by atoms with E-state index in [-0.39, 0.29) is 11.2 Å². The van der Waals surface area contributed by atoms with Crippen LogP contribution in [0.15, 0.2) is 18.3 Å². The number of hydrogen-bond donors (Lipinski definition) is 0. The summed E-state index contributed by atoms with van der Waals surface area (Å²) in [7, 11) is -0.409. The Balaban J connectivity index is 1.65. The molecule has 1 aromatic heterocycles. The van der Waals surface area contributed by atoms with E-state index in [0.717, 1.165) is 24.2 Å². The maximum Gasteiger partial charge on any atom is 0.514 e. The van der Waals surface area contributed by atoms with Crippen molar-refractivity contribution in [1.29, 1.82) is 0 Å². The van der Waals surface area contributed by atoms with Gasteiger partial charge in [-0.2, -0.15) is 0 Å². The quantitative estimate of drug-likeness (QED) is 0.805. The zero-order chi connectivity index (χ0) is 15.8. The van der Waals surface area contributed by atoms with Gasteiger partial charge >= 0.3 is 7.12 Å². The highest BCUT2D eigenvalue weighted by atomic mass is 16.7. The molecule has 0 bridgehead atoms. The highest BCUT2D eigenvalue weighted by Gasteiger charge is 2.52. The summed E-state index contributed by atoms with van der Waals surface area (Å²) in [4.78, 5) is 4.48. The predicted molar refractivity (Wildman–Crippen MR) is 87.5 cm³/mol. The highest BCUT2D eigenvalue weighted by Crippen LogP contribution is 2.36. The summed E-state index contributed by atoms with van der Waals surface area (Å²) >= 11 is 0. The van der Waals surface area contributed by atoms with Crippen molar-refractivity contribution in [2.24, 2.45) is 0 Å². The monoisotopic (exact) mass is 303 g/mol. The fourth-order valence-electron chi connectivity index (χ4n) is 2.94. The molecule has 1 saturated carbocycles. The van der Waals surface area contributed by atoms with Crippen molar-refractivity contribution >= 4 is 12.7 Å². The molecule has 22 heavy (non-hydrogen) atoms. The Kier molecular flexibility index (Phi) is 4.21. The topological polar surface area (TPSA) is 40.6 Å². The van der Waals surface area contributed by atoms with E-state index < -0.39 is 7.12 Å². The lowest BCUT2D eigenvalue weighted by Gasteiger charge is -2.32. The fraction of sp³-hybridized carbons (Fsp3) is 0.706. The van der Waals surface area contributed by atoms with Gasteiger partial charge in [-0.05, 0) is 65.5 Å². The average Bonchev–Trinajstić information content (AvgIpc) is 2.69. The van der Waals surface area contributed by atoms with E-state index in [2.05, 4.69) is 4.98 Å². The van der Waals surface area contributed by atoms with Crippen LogP contribution in [-0.2, 0) is 9.31 Å². The van der Waals surface area contributed by atoms with Crippen molar-refractivity contribution < 1.29 is 14.0 Å². The molecular weight excluding hydrogens is 277 g/mol. The van der Waals surface area contributed by atoms with Gasteiger partial charge in [-0.25, -0.2) is 0 Å². The van der Waals surface area contributed by atoms with Crippen molar-refractivity contribution in [3.05, 3.63) is 18.3 Å². The second-order valence-electron chi connectivity index (χ2n) is 7.38. The Morgan fingerprint density at radius 3 is 2.23 bits per heavy atom. The lowest BCUT2D eigenvalue weighted by atomic mass is 9.84. The minimum atomic E-state index is -0.409. The van der Waals surface area contributed by atoms with Gasteiger partial charge in [0.25, 0.3) is 0 Å². The molecule has 1 aliphatic carbocycles. The van der Waals surface area contributed by atoms with Crippen LogP contribution >= 0.6 is 0 Å². The summed E-state index contributed by atoms with van der Waals surface area (Å²) in [5.74, 6) is 0.840. The largest absolute Gasteiger partial charge is 0.514 e. The van der Waals surface area contributed by atoms with Crippen molar-refractivity contribution in [2.45, 2.75) is 77.1 Å². The van der Waals surface area contributed by atoms with E-state index in [9.17, 15) is 0 Å². The van der Waals surface area contributed by atoms with E-state index >= 15 is 0 Å². The average molecular weight is 303 g/mol. The van der Waals surface area contributed by atoms with Crippen LogP contribution in [0, 0.1) is 0 Å². The summed E-state index contributed by atoms with van der Waals surface area (Å²) in [6, 6.07) is 3.92. The molecule has 120 valence electrons. The first-order valence-corrected chi connectivity index (χ1v) is 8.36. The van der Waals surface area contributed by atoms with Gasteiger partial charge in [0.05, 0.1) is 29.1 Å². The van der Waals surface area contributed by atoms with Gasteiger partial charge in [0, 0.05) is 0 Å². The molecule has 0 radical (unpaired) electrons. The zero-order valence-corrected chi connectivity index (χ0v) is 14.1. The van der Waals surface area contributed by atoms with Gasteiger partial charge < -0.3 is 14.0 Å². The summed E-state index contributed by atoms with van der Waals surface area (Å²) in [5, 5.41) is 0. The Morgan fingerprint density at radius 1 is 1.05 bits per heavy atom. The normalized spacial score (nSPS) is 24.5. The summed E-state index contributed by atoms with van der Waals surface area (Å²) < 4.78 is 18.0. The van der Waals surface area contributed by atoms with Crippen LogP contribution in [0.25, 0.3) is 0 Å². The molecular formula is C17H26BNO3. The van der Waals surface area contributed by atoms with Crippen molar-refractivity contribution in [3.8, 4) is 5.75 Å². The fourth-order valence-corrected chi connectivity index (χ4v) is 2.94. The van der Waals surface area contributed by atoms with E-state index in [1.807, 2.05) is 39.8 Å². The van der Waals surface area contributed by atoms with Crippen LogP contribution in [0.1, 0.15) is 59.8 Å². The molecule has 0 amide bonds. The van der Waals surface area contributed by atoms with Crippen LogP contribution in [0.2, 0.25) is 0 Å². The van der Waals surface area contributed by atoms with Gasteiger partial charge in [-0.1, -0.05) is 6.42 Å². The standard InChI is InChI=1S/C17H26BNO3/c1-16(2)17(3,4)22-18(21-16)15-11-10-14(12-19-15)20-13-8-6-5-7-9-13/h10-13H,5-9H2,1-4H3. The van der Waals surface area contributed by atoms with Crippen LogP contribution in [0.4, 0.5) is 0 Å². The molecule has 0 spiro atoms. The second kappa shape index (κ2) is 5.86. The number of ether oxygens (including phenoxy) is 1. The van der Waals surface area contributed by atoms with Gasteiger partial charge in [0.1, 0.15) is 5.75 Å². The Bertz CT molecular complexity index is 493. The van der Waals surface area contributed by atoms with E-state index in [1.54, 1.807) is 6.20 Å². The van der Waals surface area contributed by atoms with Crippen LogP contribution < -0.4 is 10.3 Å². The lowest BCUT2D eigenvalue weighted by molar-refractivity contribution is 0.00578. The Morgan fingerprint density at radius 2 is 1.68 bits per heavy atom. The summed E-state index contributed by atoms with van der Waals surface area (Å²) in [5.41, 5.74) is 0.127. The molecule has 0 N–H and O–H groups in total. The van der Waals surface area contributed by atoms with Gasteiger partial charge in [-0.3, -0.25) is 4.98 Å². The zero-order valence-electron chi connectivity index (χ0n) is 14.1. The molecule has 0 unspecified atom stereocenters. The number of rotatable bonds is 3. The molecule has 2 heterocycles. The van der Waals surface area contributed by atoms with Crippen LogP contribution in [-0.4, -0.2) is 29.4 Å². The second-order valence-corrected chi connectivity index (χ2v) is 7.38. The first-order valence-electron chi connectivity index (χ1n) is 8.36. The van der Waals surface area contributed by atoms with E-state index in [4.69, 9.17) is 14.0 Å². The molecule has 1 saturated heterocycles. The first-order chi connectivity index (χ1) is 10.4. The first kappa shape index (κ1) is 15.8. The molecule has 3 rings (SSSR count). The van der Waals surface area contributed by atoms with Crippen molar-refractivity contribution in [2.75, 3.05) is 0 Å². The SMILES string of the molecule is CC1(C)OB(c2ccc(OC3CCCCC3)cn2)OC1(C)C. The molecule has 1 aromatic rings. The molecule has 4 nitrogen and oxygen atoms in total. The van der Waals surface area contributed by atoms with Crippen LogP contribution in [0.3, 0.4) is 0 Å². The summed E-state index contributed by atoms with van der Waals surface area (Å²) in [6.07, 6.45) is 8.30. The minimum absolute atomic E-state index is 0.337. The molecule has 2 fully saturated rings. The number of pyridine rings is 1. The molecule has 2 aliphatic rings. The lowest BCUT2D eigenvalue weighted by Crippen LogP contribution is -2.41. The smallest absolute Gasteiger partial charge is 0.489 e. The maximum absolute atomic E-state index is 6.01. The predicted octanol–water partition coefficient (Wildman–Crippen LogP) is 3.09. The maximum atomic E-state index is 6.01. The number of aromatic nitrogens is 1. The van der Waals surface area contributed by atoms with Gasteiger partial charge in [0.15, 0.2) is 0 Å². The molecule has 0 atom stereocenters. The Labute approximate surface area is 133 Å². The third-order valence-corrected chi connectivity index (χ3v) is 5.11. The summed E-state index contributed by atoms with van der Waals surface area (Å²) in [6.45, 7) is 8.20. The van der Waals surface area contributed by atoms with Crippen molar-refractivity contribution in [1.82, 2.24) is 4.98 Å².